The van der Waals surface area contributed by atoms with Crippen LogP contribution in [0.15, 0.2) is 30.0 Å². The Morgan fingerprint density at radius 1 is 1.53 bits per heavy atom. The first-order valence-electron chi connectivity index (χ1n) is 6.18. The maximum absolute atomic E-state index is 11.9. The second kappa shape index (κ2) is 5.49. The van der Waals surface area contributed by atoms with Crippen LogP contribution in [0.25, 0.3) is 17.0 Å². The van der Waals surface area contributed by atoms with Gasteiger partial charge in [0, 0.05) is 11.8 Å². The van der Waals surface area contributed by atoms with Gasteiger partial charge in [0.05, 0.1) is 17.3 Å². The molecule has 2 aromatic rings. The predicted molar refractivity (Wildman–Crippen MR) is 74.1 cm³/mol. The van der Waals surface area contributed by atoms with E-state index in [1.807, 2.05) is 38.1 Å². The van der Waals surface area contributed by atoms with Gasteiger partial charge in [-0.15, -0.1) is 0 Å². The molecule has 0 radical (unpaired) electrons. The molecule has 0 aliphatic heterocycles. The number of carbonyl (C=O) groups excluding carboxylic acids is 1. The summed E-state index contributed by atoms with van der Waals surface area (Å²) in [7, 11) is 0. The Hall–Kier alpha value is -2.41. The molecule has 4 nitrogen and oxygen atoms in total. The molecule has 96 valence electrons. The van der Waals surface area contributed by atoms with Crippen LogP contribution < -0.4 is 0 Å². The van der Waals surface area contributed by atoms with Gasteiger partial charge in [0.25, 0.3) is 0 Å². The predicted octanol–water partition coefficient (Wildman–Crippen LogP) is 3.09. The highest BCUT2D eigenvalue weighted by molar-refractivity contribution is 6.03. The number of carbonyl (C=O) groups is 1. The van der Waals surface area contributed by atoms with Crippen molar-refractivity contribution in [3.05, 3.63) is 35.5 Å². The van der Waals surface area contributed by atoms with Crippen molar-refractivity contribution < 1.29 is 4.79 Å². The maximum atomic E-state index is 11.9. The van der Waals surface area contributed by atoms with Crippen molar-refractivity contribution in [3.63, 3.8) is 0 Å². The van der Waals surface area contributed by atoms with Gasteiger partial charge < -0.3 is 0 Å². The highest BCUT2D eigenvalue weighted by Crippen LogP contribution is 2.16. The number of ketones is 1. The molecular weight excluding hydrogens is 238 g/mol. The molecule has 1 aromatic heterocycles. The summed E-state index contributed by atoms with van der Waals surface area (Å²) in [6.45, 7) is 3.92. The number of nitrogens with zero attached hydrogens (tertiary/aromatic N) is 2. The highest BCUT2D eigenvalue weighted by Gasteiger charge is 2.11. The lowest BCUT2D eigenvalue weighted by Crippen LogP contribution is -2.04. The van der Waals surface area contributed by atoms with Crippen molar-refractivity contribution in [2.24, 2.45) is 5.92 Å². The molecule has 0 fully saturated rings. The number of aromatic nitrogens is 2. The van der Waals surface area contributed by atoms with E-state index in [-0.39, 0.29) is 17.3 Å². The molecule has 19 heavy (non-hydrogen) atoms. The van der Waals surface area contributed by atoms with Gasteiger partial charge in [0.15, 0.2) is 5.78 Å². The van der Waals surface area contributed by atoms with Crippen LogP contribution in [0, 0.1) is 17.2 Å². The highest BCUT2D eigenvalue weighted by atomic mass is 16.1. The summed E-state index contributed by atoms with van der Waals surface area (Å²) in [6, 6.07) is 7.64. The van der Waals surface area contributed by atoms with Crippen LogP contribution in [0.3, 0.4) is 0 Å². The molecule has 0 saturated carbocycles. The van der Waals surface area contributed by atoms with Gasteiger partial charge in [-0.05, 0) is 23.6 Å². The lowest BCUT2D eigenvalue weighted by Gasteiger charge is -2.02. The third kappa shape index (κ3) is 3.08. The van der Waals surface area contributed by atoms with E-state index >= 15 is 0 Å². The maximum Gasteiger partial charge on any atom is 0.173 e. The van der Waals surface area contributed by atoms with Gasteiger partial charge in [-0.25, -0.2) is 0 Å². The second-order valence-corrected chi connectivity index (χ2v) is 4.91. The van der Waals surface area contributed by atoms with Crippen molar-refractivity contribution in [2.45, 2.75) is 20.3 Å². The first kappa shape index (κ1) is 13.0. The number of hydrogen-bond donors (Lipinski definition) is 1. The molecule has 0 amide bonds. The number of hydrogen-bond acceptors (Lipinski definition) is 3. The fourth-order valence-corrected chi connectivity index (χ4v) is 1.87. The summed E-state index contributed by atoms with van der Waals surface area (Å²) < 4.78 is 0. The number of aromatic amines is 1. The summed E-state index contributed by atoms with van der Waals surface area (Å²) in [4.78, 5) is 11.9. The van der Waals surface area contributed by atoms with Crippen LogP contribution in [0.2, 0.25) is 0 Å². The van der Waals surface area contributed by atoms with E-state index in [4.69, 9.17) is 5.26 Å². The number of nitrogens with one attached hydrogen (secondary N) is 1. The lowest BCUT2D eigenvalue weighted by atomic mass is 10.00. The molecule has 2 rings (SSSR count). The molecule has 0 unspecified atom stereocenters. The third-order valence-corrected chi connectivity index (χ3v) is 2.79. The van der Waals surface area contributed by atoms with Crippen molar-refractivity contribution >= 4 is 22.8 Å². The SMILES string of the molecule is CC(C)CC(=O)/C(C#N)=C/c1ccc2cn[nH]c2c1. The monoisotopic (exact) mass is 253 g/mol. The van der Waals surface area contributed by atoms with E-state index in [0.29, 0.717) is 6.42 Å². The van der Waals surface area contributed by atoms with Crippen molar-refractivity contribution in [2.75, 3.05) is 0 Å². The van der Waals surface area contributed by atoms with Crippen LogP contribution >= 0.6 is 0 Å². The number of fused-ring (bicyclic) bond motifs is 1. The minimum absolute atomic E-state index is 0.109. The first-order chi connectivity index (χ1) is 9.10. The normalized spacial score (nSPS) is 11.8. The molecule has 1 heterocycles. The van der Waals surface area contributed by atoms with Crippen LogP contribution in [0.4, 0.5) is 0 Å². The van der Waals surface area contributed by atoms with E-state index in [0.717, 1.165) is 16.5 Å². The summed E-state index contributed by atoms with van der Waals surface area (Å²) in [6.07, 6.45) is 3.76. The van der Waals surface area contributed by atoms with Crippen LogP contribution in [0.1, 0.15) is 25.8 Å². The van der Waals surface area contributed by atoms with Crippen LogP contribution in [-0.4, -0.2) is 16.0 Å². The molecule has 0 saturated heterocycles. The Morgan fingerprint density at radius 3 is 3.00 bits per heavy atom. The summed E-state index contributed by atoms with van der Waals surface area (Å²) in [5.74, 6) is 0.140. The fourth-order valence-electron chi connectivity index (χ4n) is 1.87. The molecule has 0 spiro atoms. The van der Waals surface area contributed by atoms with Gasteiger partial charge in [-0.1, -0.05) is 26.0 Å². The fraction of sp³-hybridized carbons (Fsp3) is 0.267. The van der Waals surface area contributed by atoms with Crippen LogP contribution in [-0.2, 0) is 4.79 Å². The zero-order valence-electron chi connectivity index (χ0n) is 11.0. The zero-order chi connectivity index (χ0) is 13.8. The van der Waals surface area contributed by atoms with Crippen molar-refractivity contribution in [3.8, 4) is 6.07 Å². The minimum Gasteiger partial charge on any atom is -0.293 e. The van der Waals surface area contributed by atoms with Crippen LogP contribution in [0.5, 0.6) is 0 Å². The number of rotatable bonds is 4. The summed E-state index contributed by atoms with van der Waals surface area (Å²) >= 11 is 0. The Kier molecular flexibility index (Phi) is 3.76. The average molecular weight is 253 g/mol. The Bertz CT molecular complexity index is 674. The Labute approximate surface area is 111 Å². The summed E-state index contributed by atoms with van der Waals surface area (Å²) in [5, 5.41) is 16.9. The third-order valence-electron chi connectivity index (χ3n) is 2.79. The molecule has 1 aromatic carbocycles. The largest absolute Gasteiger partial charge is 0.293 e. The van der Waals surface area contributed by atoms with E-state index in [2.05, 4.69) is 10.2 Å². The second-order valence-electron chi connectivity index (χ2n) is 4.91. The van der Waals surface area contributed by atoms with E-state index in [1.54, 1.807) is 12.3 Å². The molecule has 1 N–H and O–H groups in total. The number of nitriles is 1. The van der Waals surface area contributed by atoms with Gasteiger partial charge in [0.2, 0.25) is 0 Å². The Balaban J connectivity index is 2.31. The molecular formula is C15H15N3O. The lowest BCUT2D eigenvalue weighted by molar-refractivity contribution is -0.115. The number of allylic oxidation sites excluding steroid dienone is 1. The summed E-state index contributed by atoms with van der Waals surface area (Å²) in [5.41, 5.74) is 1.92. The molecule has 4 heteroatoms. The first-order valence-corrected chi connectivity index (χ1v) is 6.18. The van der Waals surface area contributed by atoms with Gasteiger partial charge in [0.1, 0.15) is 6.07 Å². The molecule has 0 aliphatic rings. The smallest absolute Gasteiger partial charge is 0.173 e. The van der Waals surface area contributed by atoms with Crippen molar-refractivity contribution in [1.29, 1.82) is 5.26 Å². The minimum atomic E-state index is -0.109. The molecule has 0 aliphatic carbocycles. The van der Waals surface area contributed by atoms with E-state index in [1.165, 1.54) is 0 Å². The topological polar surface area (TPSA) is 69.5 Å². The average Bonchev–Trinajstić information content (AvgIpc) is 2.82. The molecule has 0 bridgehead atoms. The number of benzene rings is 1. The zero-order valence-corrected chi connectivity index (χ0v) is 11.0. The standard InChI is InChI=1S/C15H15N3O/c1-10(2)5-15(19)13(8-16)6-11-3-4-12-9-17-18-14(12)7-11/h3-4,6-7,9-10H,5H2,1-2H3,(H,17,18)/b13-6+. The van der Waals surface area contributed by atoms with Gasteiger partial charge in [-0.2, -0.15) is 10.4 Å². The molecule has 0 atom stereocenters. The van der Waals surface area contributed by atoms with E-state index in [9.17, 15) is 4.79 Å². The quantitative estimate of drug-likeness (QED) is 0.672. The van der Waals surface area contributed by atoms with Crippen molar-refractivity contribution in [1.82, 2.24) is 10.2 Å². The van der Waals surface area contributed by atoms with Gasteiger partial charge in [-0.3, -0.25) is 9.89 Å². The van der Waals surface area contributed by atoms with Gasteiger partial charge >= 0.3 is 0 Å². The Morgan fingerprint density at radius 2 is 2.32 bits per heavy atom. The van der Waals surface area contributed by atoms with E-state index < -0.39 is 0 Å². The number of H-pyrrole nitrogens is 1. The number of Topliss-reactive ketones (excluding diaryl/α,β-unsaturated/α-hetero) is 1.